The van der Waals surface area contributed by atoms with E-state index in [0.29, 0.717) is 0 Å². The molecule has 0 aromatic carbocycles. The molecule has 3 nitrogen and oxygen atoms in total. The molecule has 0 spiro atoms. The molecule has 0 radical (unpaired) electrons. The molecule has 0 N–H and O–H groups in total. The molecule has 1 aromatic heterocycles. The van der Waals surface area contributed by atoms with Crippen molar-refractivity contribution < 1.29 is 0 Å². The Hall–Kier alpha value is -0.480. The predicted molar refractivity (Wildman–Crippen MR) is 54.2 cm³/mol. The van der Waals surface area contributed by atoms with Crippen LogP contribution in [0.2, 0.25) is 0 Å². The summed E-state index contributed by atoms with van der Waals surface area (Å²) in [4.78, 5) is 10.9. The molecule has 0 amide bonds. The van der Waals surface area contributed by atoms with E-state index < -0.39 is 0 Å². The second-order valence-corrected chi connectivity index (χ2v) is 4.09. The average Bonchev–Trinajstić information content (AvgIpc) is 2.57. The molecular weight excluding hydrogens is 230 g/mol. The Morgan fingerprint density at radius 1 is 1.38 bits per heavy atom. The number of hydrogen-bond donors (Lipinski definition) is 0. The molecule has 4 heteroatoms. The van der Waals surface area contributed by atoms with Crippen LogP contribution in [0.25, 0.3) is 0 Å². The summed E-state index contributed by atoms with van der Waals surface area (Å²) in [7, 11) is 0. The number of hydrogen-bond acceptors (Lipinski definition) is 3. The van der Waals surface area contributed by atoms with Gasteiger partial charge >= 0.3 is 0 Å². The Kier molecular flexibility index (Phi) is 2.90. The van der Waals surface area contributed by atoms with Crippen LogP contribution in [0, 0.1) is 0 Å². The minimum Gasteiger partial charge on any atom is -0.296 e. The van der Waals surface area contributed by atoms with Crippen molar-refractivity contribution in [2.75, 3.05) is 13.1 Å². The summed E-state index contributed by atoms with van der Waals surface area (Å²) >= 11 is 3.34. The fraction of sp³-hybridized carbons (Fsp3) is 0.556. The van der Waals surface area contributed by atoms with Crippen molar-refractivity contribution in [3.8, 4) is 0 Å². The van der Waals surface area contributed by atoms with E-state index in [1.54, 1.807) is 6.20 Å². The molecule has 0 atom stereocenters. The normalized spacial score (nSPS) is 17.9. The molecule has 1 aromatic rings. The van der Waals surface area contributed by atoms with Gasteiger partial charge < -0.3 is 0 Å². The number of rotatable bonds is 2. The summed E-state index contributed by atoms with van der Waals surface area (Å²) in [5.41, 5.74) is 0. The molecule has 13 heavy (non-hydrogen) atoms. The van der Waals surface area contributed by atoms with E-state index in [1.165, 1.54) is 25.9 Å². The van der Waals surface area contributed by atoms with Crippen LogP contribution in [0.4, 0.5) is 0 Å². The van der Waals surface area contributed by atoms with Crippen LogP contribution in [0.5, 0.6) is 0 Å². The van der Waals surface area contributed by atoms with Crippen molar-refractivity contribution in [1.29, 1.82) is 0 Å². The van der Waals surface area contributed by atoms with Gasteiger partial charge in [-0.1, -0.05) is 0 Å². The van der Waals surface area contributed by atoms with Gasteiger partial charge in [0.25, 0.3) is 0 Å². The summed E-state index contributed by atoms with van der Waals surface area (Å²) in [6.45, 7) is 3.27. The van der Waals surface area contributed by atoms with E-state index in [1.807, 2.05) is 6.07 Å². The Labute approximate surface area is 86.3 Å². The van der Waals surface area contributed by atoms with E-state index >= 15 is 0 Å². The minimum absolute atomic E-state index is 0.872. The van der Waals surface area contributed by atoms with Gasteiger partial charge in [-0.25, -0.2) is 9.97 Å². The first-order valence-electron chi connectivity index (χ1n) is 4.54. The second kappa shape index (κ2) is 4.15. The number of likely N-dealkylation sites (tertiary alicyclic amines) is 1. The Bertz CT molecular complexity index is 284. The number of aromatic nitrogens is 2. The van der Waals surface area contributed by atoms with Crippen LogP contribution in [0.15, 0.2) is 16.9 Å². The summed E-state index contributed by atoms with van der Waals surface area (Å²) in [5, 5.41) is 0. The lowest BCUT2D eigenvalue weighted by Crippen LogP contribution is -2.19. The highest BCUT2D eigenvalue weighted by Crippen LogP contribution is 2.11. The van der Waals surface area contributed by atoms with Crippen molar-refractivity contribution in [1.82, 2.24) is 14.9 Å². The number of halogens is 1. The third kappa shape index (κ3) is 2.48. The van der Waals surface area contributed by atoms with Gasteiger partial charge in [-0.05, 0) is 47.9 Å². The van der Waals surface area contributed by atoms with Gasteiger partial charge in [0.05, 0.1) is 6.54 Å². The lowest BCUT2D eigenvalue weighted by Gasteiger charge is -2.12. The van der Waals surface area contributed by atoms with Crippen LogP contribution >= 0.6 is 15.9 Å². The average molecular weight is 242 g/mol. The smallest absolute Gasteiger partial charge is 0.143 e. The van der Waals surface area contributed by atoms with Crippen molar-refractivity contribution in [2.45, 2.75) is 19.4 Å². The molecule has 1 aliphatic heterocycles. The van der Waals surface area contributed by atoms with Crippen molar-refractivity contribution in [3.05, 3.63) is 22.7 Å². The Balaban J connectivity index is 2.00. The summed E-state index contributed by atoms with van der Waals surface area (Å²) in [6, 6.07) is 1.85. The predicted octanol–water partition coefficient (Wildman–Crippen LogP) is 1.83. The van der Waals surface area contributed by atoms with E-state index in [9.17, 15) is 0 Å². The van der Waals surface area contributed by atoms with E-state index in [2.05, 4.69) is 30.8 Å². The van der Waals surface area contributed by atoms with Crippen LogP contribution in [-0.4, -0.2) is 28.0 Å². The highest BCUT2D eigenvalue weighted by Gasteiger charge is 2.12. The zero-order chi connectivity index (χ0) is 9.10. The standard InChI is InChI=1S/C9H12BrN3/c10-8-3-4-11-9(12-8)7-13-5-1-2-6-13/h3-4H,1-2,5-7H2. The molecule has 1 fully saturated rings. The molecule has 1 saturated heterocycles. The molecule has 70 valence electrons. The van der Waals surface area contributed by atoms with Gasteiger partial charge in [0.2, 0.25) is 0 Å². The third-order valence-corrected chi connectivity index (χ3v) is 2.68. The molecule has 0 aliphatic carbocycles. The van der Waals surface area contributed by atoms with Crippen LogP contribution in [-0.2, 0) is 6.54 Å². The van der Waals surface area contributed by atoms with Gasteiger partial charge in [-0.3, -0.25) is 4.90 Å². The highest BCUT2D eigenvalue weighted by molar-refractivity contribution is 9.10. The molecule has 2 heterocycles. The molecular formula is C9H12BrN3. The summed E-state index contributed by atoms with van der Waals surface area (Å²) in [6.07, 6.45) is 4.42. The zero-order valence-electron chi connectivity index (χ0n) is 7.41. The fourth-order valence-corrected chi connectivity index (χ4v) is 1.91. The molecule has 2 rings (SSSR count). The van der Waals surface area contributed by atoms with Crippen LogP contribution in [0.3, 0.4) is 0 Å². The molecule has 1 aliphatic rings. The lowest BCUT2D eigenvalue weighted by molar-refractivity contribution is 0.322. The largest absolute Gasteiger partial charge is 0.296 e. The van der Waals surface area contributed by atoms with Crippen LogP contribution in [0.1, 0.15) is 18.7 Å². The van der Waals surface area contributed by atoms with Crippen molar-refractivity contribution >= 4 is 15.9 Å². The first-order valence-corrected chi connectivity index (χ1v) is 5.34. The van der Waals surface area contributed by atoms with Crippen molar-refractivity contribution in [2.24, 2.45) is 0 Å². The Morgan fingerprint density at radius 3 is 2.85 bits per heavy atom. The van der Waals surface area contributed by atoms with Crippen LogP contribution < -0.4 is 0 Å². The van der Waals surface area contributed by atoms with Gasteiger partial charge in [0, 0.05) is 6.20 Å². The minimum atomic E-state index is 0.872. The molecule has 0 saturated carbocycles. The van der Waals surface area contributed by atoms with E-state index in [4.69, 9.17) is 0 Å². The lowest BCUT2D eigenvalue weighted by atomic mass is 10.4. The highest BCUT2D eigenvalue weighted by atomic mass is 79.9. The number of nitrogens with zero attached hydrogens (tertiary/aromatic N) is 3. The maximum absolute atomic E-state index is 4.30. The van der Waals surface area contributed by atoms with E-state index in [-0.39, 0.29) is 0 Å². The SMILES string of the molecule is Brc1ccnc(CN2CCCC2)n1. The summed E-state index contributed by atoms with van der Waals surface area (Å²) < 4.78 is 0.872. The fourth-order valence-electron chi connectivity index (χ4n) is 1.59. The second-order valence-electron chi connectivity index (χ2n) is 3.28. The summed E-state index contributed by atoms with van der Waals surface area (Å²) in [5.74, 6) is 0.913. The maximum Gasteiger partial charge on any atom is 0.143 e. The maximum atomic E-state index is 4.30. The van der Waals surface area contributed by atoms with Gasteiger partial charge in [-0.2, -0.15) is 0 Å². The first kappa shape index (κ1) is 9.09. The van der Waals surface area contributed by atoms with E-state index in [0.717, 1.165) is 17.0 Å². The zero-order valence-corrected chi connectivity index (χ0v) is 9.00. The van der Waals surface area contributed by atoms with Gasteiger partial charge in [-0.15, -0.1) is 0 Å². The van der Waals surface area contributed by atoms with Gasteiger partial charge in [0.1, 0.15) is 10.4 Å². The quantitative estimate of drug-likeness (QED) is 0.741. The monoisotopic (exact) mass is 241 g/mol. The molecule has 0 unspecified atom stereocenters. The first-order chi connectivity index (χ1) is 6.34. The Morgan fingerprint density at radius 2 is 2.15 bits per heavy atom. The van der Waals surface area contributed by atoms with Crippen molar-refractivity contribution in [3.63, 3.8) is 0 Å². The third-order valence-electron chi connectivity index (χ3n) is 2.24. The molecule has 0 bridgehead atoms. The van der Waals surface area contributed by atoms with Gasteiger partial charge in [0.15, 0.2) is 0 Å². The topological polar surface area (TPSA) is 29.0 Å².